The van der Waals surface area contributed by atoms with Crippen LogP contribution >= 0.6 is 27.7 Å². The summed E-state index contributed by atoms with van der Waals surface area (Å²) in [6.07, 6.45) is 1.19. The molecular formula is C21H19BrO2SSe. The predicted molar refractivity (Wildman–Crippen MR) is 113 cm³/mol. The summed E-state index contributed by atoms with van der Waals surface area (Å²) in [7, 11) is 0. The number of carboxylic acid groups (broad SMARTS) is 1. The van der Waals surface area contributed by atoms with Crippen LogP contribution in [0.4, 0.5) is 0 Å². The fraction of sp³-hybridized carbons (Fsp3) is 0.286. The average Bonchev–Trinajstić information content (AvgIpc) is 2.55. The van der Waals surface area contributed by atoms with Gasteiger partial charge in [-0.15, -0.1) is 0 Å². The zero-order valence-electron chi connectivity index (χ0n) is 14.9. The van der Waals surface area contributed by atoms with Gasteiger partial charge in [-0.05, 0) is 0 Å². The van der Waals surface area contributed by atoms with Crippen LogP contribution in [0.25, 0.3) is 0 Å². The number of carboxylic acids is 1. The zero-order valence-corrected chi connectivity index (χ0v) is 19.0. The number of aryl methyl sites for hydroxylation is 1. The van der Waals surface area contributed by atoms with Gasteiger partial charge in [0.1, 0.15) is 0 Å². The fourth-order valence-electron chi connectivity index (χ4n) is 2.96. The van der Waals surface area contributed by atoms with Gasteiger partial charge in [0, 0.05) is 0 Å². The van der Waals surface area contributed by atoms with E-state index in [1.165, 1.54) is 21.3 Å². The maximum atomic E-state index is 11.1. The maximum absolute atomic E-state index is 11.1. The Kier molecular flexibility index (Phi) is 5.89. The van der Waals surface area contributed by atoms with Crippen LogP contribution in [0.5, 0.6) is 0 Å². The Labute approximate surface area is 173 Å². The van der Waals surface area contributed by atoms with E-state index < -0.39 is 5.97 Å². The number of aromatic carboxylic acids is 1. The van der Waals surface area contributed by atoms with E-state index in [4.69, 9.17) is 5.11 Å². The van der Waals surface area contributed by atoms with E-state index in [-0.39, 0.29) is 20.4 Å². The molecule has 2 aromatic carbocycles. The molecule has 0 fully saturated rings. The first-order valence-electron chi connectivity index (χ1n) is 8.26. The van der Waals surface area contributed by atoms with Gasteiger partial charge in [0.2, 0.25) is 0 Å². The second-order valence-corrected chi connectivity index (χ2v) is 10.7. The summed E-state index contributed by atoms with van der Waals surface area (Å²) in [6.45, 7) is 6.43. The van der Waals surface area contributed by atoms with Crippen molar-refractivity contribution in [2.45, 2.75) is 37.5 Å². The molecule has 0 amide bonds. The van der Waals surface area contributed by atoms with Crippen molar-refractivity contribution in [2.75, 3.05) is 5.75 Å². The molecule has 0 saturated heterocycles. The third-order valence-corrected chi connectivity index (χ3v) is 7.99. The molecule has 1 N–H and O–H groups in total. The second kappa shape index (κ2) is 7.82. The monoisotopic (exact) mass is 494 g/mol. The van der Waals surface area contributed by atoms with Gasteiger partial charge in [0.15, 0.2) is 0 Å². The van der Waals surface area contributed by atoms with E-state index in [1.54, 1.807) is 12.1 Å². The minimum absolute atomic E-state index is 0.0493. The van der Waals surface area contributed by atoms with Gasteiger partial charge in [-0.3, -0.25) is 0 Å². The molecule has 1 aliphatic heterocycles. The molecule has 2 aromatic rings. The van der Waals surface area contributed by atoms with Gasteiger partial charge in [-0.2, -0.15) is 0 Å². The molecule has 0 spiro atoms. The van der Waals surface area contributed by atoms with E-state index >= 15 is 0 Å². The van der Waals surface area contributed by atoms with Crippen LogP contribution in [0, 0.1) is 17.7 Å². The molecule has 0 unspecified atom stereocenters. The number of halogens is 1. The predicted octanol–water partition coefficient (Wildman–Crippen LogP) is 4.57. The summed E-state index contributed by atoms with van der Waals surface area (Å²) in [5.74, 6) is 3.46. The van der Waals surface area contributed by atoms with Crippen LogP contribution in [-0.2, 0) is 5.41 Å². The quantitative estimate of drug-likeness (QED) is 0.491. The van der Waals surface area contributed by atoms with Gasteiger partial charge >= 0.3 is 174 Å². The van der Waals surface area contributed by atoms with E-state index in [2.05, 4.69) is 52.6 Å². The first kappa shape index (κ1) is 19.6. The Balaban J connectivity index is 1.88. The van der Waals surface area contributed by atoms with Gasteiger partial charge in [-0.25, -0.2) is 0 Å². The third kappa shape index (κ3) is 4.21. The number of carbonyl (C=O) groups is 1. The number of thioether (sulfide) groups is 1. The fourth-order valence-corrected chi connectivity index (χ4v) is 7.25. The number of hydrogen-bond acceptors (Lipinski definition) is 2. The second-order valence-electron chi connectivity index (χ2n) is 6.93. The topological polar surface area (TPSA) is 37.3 Å². The zero-order chi connectivity index (χ0) is 18.9. The van der Waals surface area contributed by atoms with Gasteiger partial charge in [-0.1, -0.05) is 0 Å². The van der Waals surface area contributed by atoms with Crippen molar-refractivity contribution in [3.05, 3.63) is 57.1 Å². The molecule has 1 heterocycles. The molecule has 134 valence electrons. The summed E-state index contributed by atoms with van der Waals surface area (Å²) in [5, 5.41) is 9.12. The van der Waals surface area contributed by atoms with Crippen molar-refractivity contribution in [1.29, 1.82) is 0 Å². The summed E-state index contributed by atoms with van der Waals surface area (Å²) in [5.41, 5.74) is 3.57. The molecule has 3 rings (SSSR count). The molecule has 5 heteroatoms. The summed E-state index contributed by atoms with van der Waals surface area (Å²) >= 11 is 5.65. The van der Waals surface area contributed by atoms with Crippen LogP contribution in [0.2, 0.25) is 0 Å². The summed E-state index contributed by atoms with van der Waals surface area (Å²) in [4.78, 5) is 15.8. The van der Waals surface area contributed by atoms with Gasteiger partial charge in [0.25, 0.3) is 0 Å². The van der Waals surface area contributed by atoms with Crippen molar-refractivity contribution in [1.82, 2.24) is 0 Å². The molecule has 0 bridgehead atoms. The molecule has 0 aromatic heterocycles. The Morgan fingerprint density at radius 1 is 1.31 bits per heavy atom. The Bertz CT molecular complexity index is 941. The van der Waals surface area contributed by atoms with Crippen molar-refractivity contribution < 1.29 is 9.90 Å². The third-order valence-electron chi connectivity index (χ3n) is 4.54. The van der Waals surface area contributed by atoms with Crippen molar-refractivity contribution in [2.24, 2.45) is 0 Å². The molecule has 0 saturated carbocycles. The number of benzene rings is 2. The number of fused-ring (bicyclic) bond motifs is 1. The van der Waals surface area contributed by atoms with E-state index in [0.717, 1.165) is 21.4 Å². The van der Waals surface area contributed by atoms with E-state index in [9.17, 15) is 4.79 Å². The minimum atomic E-state index is -0.897. The van der Waals surface area contributed by atoms with Gasteiger partial charge in [0.05, 0.1) is 0 Å². The standard InChI is InChI=1S/C21H19BrO2SSe/c1-13-10-14(4-5-16(13)20(23)24)6-9-26-18-12-15(22)11-17-19(18)25-8-7-21(17,2)3/h4-5,10-12H,7-8H2,1-3H3,(H,23,24). The van der Waals surface area contributed by atoms with Crippen LogP contribution in [0.3, 0.4) is 0 Å². The summed E-state index contributed by atoms with van der Waals surface area (Å²) < 4.78 is 2.44. The SMILES string of the molecule is Cc1cc(C#C[Se]c2cc(Br)cc3c2SCCC3(C)C)ccc1C(=O)O. The molecular weight excluding hydrogens is 475 g/mol. The molecule has 2 nitrogen and oxygen atoms in total. The first-order valence-corrected chi connectivity index (χ1v) is 11.8. The number of rotatable bonds is 2. The summed E-state index contributed by atoms with van der Waals surface area (Å²) in [6, 6.07) is 9.71. The molecule has 0 aliphatic carbocycles. The van der Waals surface area contributed by atoms with Crippen LogP contribution < -0.4 is 4.46 Å². The molecule has 1 aliphatic rings. The Morgan fingerprint density at radius 2 is 2.08 bits per heavy atom. The van der Waals surface area contributed by atoms with Crippen molar-refractivity contribution in [3.8, 4) is 10.7 Å². The normalized spacial score (nSPS) is 14.9. The Morgan fingerprint density at radius 3 is 2.77 bits per heavy atom. The number of hydrogen-bond donors (Lipinski definition) is 1. The van der Waals surface area contributed by atoms with Gasteiger partial charge < -0.3 is 0 Å². The van der Waals surface area contributed by atoms with E-state index in [0.29, 0.717) is 5.56 Å². The average molecular weight is 494 g/mol. The van der Waals surface area contributed by atoms with Crippen molar-refractivity contribution in [3.63, 3.8) is 0 Å². The van der Waals surface area contributed by atoms with Crippen LogP contribution in [-0.4, -0.2) is 31.8 Å². The molecule has 0 radical (unpaired) electrons. The van der Waals surface area contributed by atoms with Crippen LogP contribution in [0.1, 0.15) is 47.3 Å². The van der Waals surface area contributed by atoms with Crippen molar-refractivity contribution >= 4 is 53.1 Å². The molecule has 0 atom stereocenters. The Hall–Kier alpha value is -1.18. The molecule has 26 heavy (non-hydrogen) atoms. The first-order chi connectivity index (χ1) is 12.3. The van der Waals surface area contributed by atoms with E-state index in [1.807, 2.05) is 24.8 Å². The van der Waals surface area contributed by atoms with Crippen LogP contribution in [0.15, 0.2) is 39.7 Å².